The molecule has 4 heteroatoms. The minimum atomic E-state index is -0.597. The van der Waals surface area contributed by atoms with E-state index in [2.05, 4.69) is 5.32 Å². The zero-order valence-corrected chi connectivity index (χ0v) is 11.1. The van der Waals surface area contributed by atoms with E-state index in [0.29, 0.717) is 5.58 Å². The van der Waals surface area contributed by atoms with Gasteiger partial charge in [0.25, 0.3) is 5.91 Å². The molecule has 0 aliphatic carbocycles. The first-order valence-corrected chi connectivity index (χ1v) is 6.45. The summed E-state index contributed by atoms with van der Waals surface area (Å²) in [5.74, 6) is -0.375. The third kappa shape index (κ3) is 3.02. The van der Waals surface area contributed by atoms with Crippen molar-refractivity contribution in [3.05, 3.63) is 46.3 Å². The highest BCUT2D eigenvalue weighted by Crippen LogP contribution is 2.12. The van der Waals surface area contributed by atoms with Crippen molar-refractivity contribution in [3.63, 3.8) is 0 Å². The van der Waals surface area contributed by atoms with Crippen LogP contribution >= 0.6 is 0 Å². The first-order chi connectivity index (χ1) is 9.11. The van der Waals surface area contributed by atoms with Crippen molar-refractivity contribution in [2.45, 2.75) is 32.7 Å². The molecular formula is C15H17NO3. The van der Waals surface area contributed by atoms with Gasteiger partial charge in [0.1, 0.15) is 11.1 Å². The lowest BCUT2D eigenvalue weighted by atomic mass is 10.1. The van der Waals surface area contributed by atoms with E-state index in [9.17, 15) is 9.59 Å². The Kier molecular flexibility index (Phi) is 4.00. The van der Waals surface area contributed by atoms with Gasteiger partial charge in [-0.05, 0) is 25.5 Å². The predicted octanol–water partition coefficient (Wildman–Crippen LogP) is 2.71. The topological polar surface area (TPSA) is 59.3 Å². The summed E-state index contributed by atoms with van der Waals surface area (Å²) in [5.41, 5.74) is -0.0489. The van der Waals surface area contributed by atoms with Crippen LogP contribution in [0.3, 0.4) is 0 Å². The number of rotatable bonds is 4. The van der Waals surface area contributed by atoms with Crippen LogP contribution in [-0.2, 0) is 0 Å². The van der Waals surface area contributed by atoms with Gasteiger partial charge in [-0.25, -0.2) is 4.79 Å². The smallest absolute Gasteiger partial charge is 0.349 e. The fraction of sp³-hybridized carbons (Fsp3) is 0.333. The molecule has 100 valence electrons. The Morgan fingerprint density at radius 1 is 1.37 bits per heavy atom. The molecule has 2 aromatic rings. The lowest BCUT2D eigenvalue weighted by Gasteiger charge is -2.12. The number of hydrogen-bond acceptors (Lipinski definition) is 3. The van der Waals surface area contributed by atoms with Crippen LogP contribution in [0.4, 0.5) is 0 Å². The average Bonchev–Trinajstić information content (AvgIpc) is 2.38. The standard InChI is InChI=1S/C15H17NO3/c1-3-6-10(2)16-14(17)12-9-11-7-4-5-8-13(11)19-15(12)18/h4-5,7-10H,3,6H2,1-2H3,(H,16,17)/t10-/m0/s1. The molecule has 1 amide bonds. The van der Waals surface area contributed by atoms with E-state index < -0.39 is 5.63 Å². The zero-order valence-electron chi connectivity index (χ0n) is 11.1. The average molecular weight is 259 g/mol. The van der Waals surface area contributed by atoms with Crippen molar-refractivity contribution in [2.75, 3.05) is 0 Å². The van der Waals surface area contributed by atoms with Crippen molar-refractivity contribution >= 4 is 16.9 Å². The van der Waals surface area contributed by atoms with Crippen molar-refractivity contribution < 1.29 is 9.21 Å². The third-order valence-electron chi connectivity index (χ3n) is 2.99. The highest BCUT2D eigenvalue weighted by Gasteiger charge is 2.15. The Balaban J connectivity index is 2.31. The Bertz CT molecular complexity index is 645. The number of para-hydroxylation sites is 1. The van der Waals surface area contributed by atoms with Gasteiger partial charge in [-0.1, -0.05) is 31.5 Å². The fourth-order valence-electron chi connectivity index (χ4n) is 2.03. The molecule has 2 rings (SSSR count). The second kappa shape index (κ2) is 5.69. The fourth-order valence-corrected chi connectivity index (χ4v) is 2.03. The van der Waals surface area contributed by atoms with Gasteiger partial charge >= 0.3 is 5.63 Å². The van der Waals surface area contributed by atoms with E-state index in [1.807, 2.05) is 26.0 Å². The van der Waals surface area contributed by atoms with Crippen LogP contribution in [0.1, 0.15) is 37.0 Å². The van der Waals surface area contributed by atoms with E-state index in [0.717, 1.165) is 18.2 Å². The molecule has 0 radical (unpaired) electrons. The minimum absolute atomic E-state index is 0.0448. The minimum Gasteiger partial charge on any atom is -0.422 e. The quantitative estimate of drug-likeness (QED) is 0.859. The van der Waals surface area contributed by atoms with Crippen LogP contribution in [0.2, 0.25) is 0 Å². The highest BCUT2D eigenvalue weighted by atomic mass is 16.4. The number of carbonyl (C=O) groups is 1. The molecule has 1 heterocycles. The third-order valence-corrected chi connectivity index (χ3v) is 2.99. The van der Waals surface area contributed by atoms with E-state index in [4.69, 9.17) is 4.42 Å². The molecule has 4 nitrogen and oxygen atoms in total. The molecular weight excluding hydrogens is 242 g/mol. The summed E-state index contributed by atoms with van der Waals surface area (Å²) in [5, 5.41) is 3.55. The largest absolute Gasteiger partial charge is 0.422 e. The molecule has 1 aromatic heterocycles. The Morgan fingerprint density at radius 2 is 2.11 bits per heavy atom. The molecule has 1 aromatic carbocycles. The predicted molar refractivity (Wildman–Crippen MR) is 74.3 cm³/mol. The van der Waals surface area contributed by atoms with Crippen LogP contribution < -0.4 is 10.9 Å². The summed E-state index contributed by atoms with van der Waals surface area (Å²) >= 11 is 0. The number of carbonyl (C=O) groups excluding carboxylic acids is 1. The number of hydrogen-bond donors (Lipinski definition) is 1. The van der Waals surface area contributed by atoms with Crippen LogP contribution in [0, 0.1) is 0 Å². The molecule has 1 N–H and O–H groups in total. The number of amides is 1. The maximum atomic E-state index is 12.0. The summed E-state index contributed by atoms with van der Waals surface area (Å²) in [6.07, 6.45) is 1.86. The lowest BCUT2D eigenvalue weighted by Crippen LogP contribution is -2.35. The van der Waals surface area contributed by atoms with Crippen LogP contribution in [0.25, 0.3) is 11.0 Å². The van der Waals surface area contributed by atoms with Gasteiger partial charge in [0.15, 0.2) is 0 Å². The monoisotopic (exact) mass is 259 g/mol. The summed E-state index contributed by atoms with van der Waals surface area (Å²) < 4.78 is 5.14. The van der Waals surface area contributed by atoms with Gasteiger partial charge in [0.2, 0.25) is 0 Å². The summed E-state index contributed by atoms with van der Waals surface area (Å²) in [6.45, 7) is 3.97. The number of nitrogens with one attached hydrogen (secondary N) is 1. The van der Waals surface area contributed by atoms with Crippen molar-refractivity contribution in [2.24, 2.45) is 0 Å². The zero-order chi connectivity index (χ0) is 13.8. The van der Waals surface area contributed by atoms with E-state index in [1.54, 1.807) is 18.2 Å². The lowest BCUT2D eigenvalue weighted by molar-refractivity contribution is 0.0935. The molecule has 0 fully saturated rings. The van der Waals surface area contributed by atoms with Crippen LogP contribution in [0.5, 0.6) is 0 Å². The van der Waals surface area contributed by atoms with Crippen molar-refractivity contribution in [1.82, 2.24) is 5.32 Å². The van der Waals surface area contributed by atoms with Crippen LogP contribution in [-0.4, -0.2) is 11.9 Å². The summed E-state index contributed by atoms with van der Waals surface area (Å²) in [6, 6.07) is 8.76. The second-order valence-corrected chi connectivity index (χ2v) is 4.65. The van der Waals surface area contributed by atoms with Crippen molar-refractivity contribution in [1.29, 1.82) is 0 Å². The normalized spacial score (nSPS) is 12.3. The summed E-state index contributed by atoms with van der Waals surface area (Å²) in [4.78, 5) is 23.8. The Morgan fingerprint density at radius 3 is 2.84 bits per heavy atom. The molecule has 0 saturated heterocycles. The van der Waals surface area contributed by atoms with Gasteiger partial charge in [-0.3, -0.25) is 4.79 Å². The van der Waals surface area contributed by atoms with E-state index >= 15 is 0 Å². The molecule has 0 bridgehead atoms. The van der Waals surface area contributed by atoms with E-state index in [1.165, 1.54) is 0 Å². The maximum absolute atomic E-state index is 12.0. The maximum Gasteiger partial charge on any atom is 0.349 e. The van der Waals surface area contributed by atoms with Gasteiger partial charge in [-0.15, -0.1) is 0 Å². The van der Waals surface area contributed by atoms with Gasteiger partial charge < -0.3 is 9.73 Å². The highest BCUT2D eigenvalue weighted by molar-refractivity contribution is 5.96. The molecule has 0 aliphatic heterocycles. The Labute approximate surface area is 111 Å². The molecule has 1 atom stereocenters. The first-order valence-electron chi connectivity index (χ1n) is 6.45. The SMILES string of the molecule is CCC[C@H](C)NC(=O)c1cc2ccccc2oc1=O. The van der Waals surface area contributed by atoms with E-state index in [-0.39, 0.29) is 17.5 Å². The van der Waals surface area contributed by atoms with Crippen molar-refractivity contribution in [3.8, 4) is 0 Å². The second-order valence-electron chi connectivity index (χ2n) is 4.65. The molecule has 19 heavy (non-hydrogen) atoms. The molecule has 0 spiro atoms. The van der Waals surface area contributed by atoms with Gasteiger partial charge in [-0.2, -0.15) is 0 Å². The van der Waals surface area contributed by atoms with Gasteiger partial charge in [0.05, 0.1) is 0 Å². The first kappa shape index (κ1) is 13.3. The van der Waals surface area contributed by atoms with Crippen LogP contribution in [0.15, 0.2) is 39.5 Å². The Hall–Kier alpha value is -2.10. The number of fused-ring (bicyclic) bond motifs is 1. The van der Waals surface area contributed by atoms with Gasteiger partial charge in [0, 0.05) is 11.4 Å². The molecule has 0 unspecified atom stereocenters. The number of benzene rings is 1. The molecule has 0 saturated carbocycles. The summed E-state index contributed by atoms with van der Waals surface area (Å²) in [7, 11) is 0. The molecule has 0 aliphatic rings.